The zero-order valence-corrected chi connectivity index (χ0v) is 9.84. The minimum absolute atomic E-state index is 0.149. The van der Waals surface area contributed by atoms with Gasteiger partial charge in [-0.05, 0) is 12.1 Å². The maximum Gasteiger partial charge on any atom is 0.341 e. The van der Waals surface area contributed by atoms with Crippen molar-refractivity contribution in [3.8, 4) is 0 Å². The Hall–Kier alpha value is -3.16. The van der Waals surface area contributed by atoms with E-state index in [1.54, 1.807) is 0 Å². The molecule has 20 heavy (non-hydrogen) atoms. The summed E-state index contributed by atoms with van der Waals surface area (Å²) in [6.07, 6.45) is 0. The number of furan rings is 2. The van der Waals surface area contributed by atoms with Crippen LogP contribution in [0.4, 0.5) is 11.8 Å². The van der Waals surface area contributed by atoms with Gasteiger partial charge in [-0.1, -0.05) is 0 Å². The van der Waals surface area contributed by atoms with Crippen molar-refractivity contribution in [2.75, 3.05) is 11.5 Å². The standard InChI is InChI=1S/C12H8N2O6/c13-9-7(11(15)16)3-1-5-4(2-6(3)20-9)8(12(17)18)10(14)19-5/h1-2H,13-14H2,(H,15,16)(H,17,18). The van der Waals surface area contributed by atoms with Crippen LogP contribution >= 0.6 is 0 Å². The number of nitrogens with two attached hydrogens (primary N) is 2. The molecule has 2 aromatic heterocycles. The van der Waals surface area contributed by atoms with Crippen molar-refractivity contribution >= 4 is 45.6 Å². The van der Waals surface area contributed by atoms with Gasteiger partial charge >= 0.3 is 11.9 Å². The first-order valence-electron chi connectivity index (χ1n) is 5.40. The van der Waals surface area contributed by atoms with E-state index in [0.717, 1.165) is 0 Å². The van der Waals surface area contributed by atoms with Gasteiger partial charge in [0.25, 0.3) is 0 Å². The molecule has 0 radical (unpaired) electrons. The first-order chi connectivity index (χ1) is 9.40. The number of anilines is 2. The number of carbonyl (C=O) groups is 2. The van der Waals surface area contributed by atoms with Crippen molar-refractivity contribution in [3.05, 3.63) is 23.3 Å². The zero-order valence-electron chi connectivity index (χ0n) is 9.84. The molecule has 8 heteroatoms. The van der Waals surface area contributed by atoms with Crippen LogP contribution < -0.4 is 11.5 Å². The van der Waals surface area contributed by atoms with Crippen molar-refractivity contribution < 1.29 is 28.6 Å². The number of carboxylic acids is 2. The summed E-state index contributed by atoms with van der Waals surface area (Å²) in [7, 11) is 0. The fourth-order valence-electron chi connectivity index (χ4n) is 2.17. The van der Waals surface area contributed by atoms with E-state index in [0.29, 0.717) is 0 Å². The maximum atomic E-state index is 11.1. The summed E-state index contributed by atoms with van der Waals surface area (Å²) < 4.78 is 10.3. The fourth-order valence-corrected chi connectivity index (χ4v) is 2.17. The second kappa shape index (κ2) is 3.67. The monoisotopic (exact) mass is 276 g/mol. The highest BCUT2D eigenvalue weighted by Crippen LogP contribution is 2.35. The lowest BCUT2D eigenvalue weighted by molar-refractivity contribution is 0.0688. The second-order valence-electron chi connectivity index (χ2n) is 4.14. The smallest absolute Gasteiger partial charge is 0.341 e. The van der Waals surface area contributed by atoms with Crippen LogP contribution in [0.2, 0.25) is 0 Å². The molecule has 2 heterocycles. The van der Waals surface area contributed by atoms with Gasteiger partial charge in [-0.2, -0.15) is 0 Å². The van der Waals surface area contributed by atoms with E-state index >= 15 is 0 Å². The largest absolute Gasteiger partial charge is 0.477 e. The van der Waals surface area contributed by atoms with Gasteiger partial charge in [0, 0.05) is 10.8 Å². The molecule has 0 unspecified atom stereocenters. The Kier molecular flexibility index (Phi) is 2.18. The summed E-state index contributed by atoms with van der Waals surface area (Å²) in [6.45, 7) is 0. The van der Waals surface area contributed by atoms with E-state index < -0.39 is 11.9 Å². The zero-order chi connectivity index (χ0) is 14.6. The molecule has 102 valence electrons. The van der Waals surface area contributed by atoms with E-state index in [1.165, 1.54) is 12.1 Å². The number of hydrogen-bond donors (Lipinski definition) is 4. The molecule has 0 atom stereocenters. The van der Waals surface area contributed by atoms with Crippen molar-refractivity contribution in [1.82, 2.24) is 0 Å². The summed E-state index contributed by atoms with van der Waals surface area (Å²) in [5, 5.41) is 18.6. The predicted molar refractivity (Wildman–Crippen MR) is 68.7 cm³/mol. The normalized spacial score (nSPS) is 11.2. The summed E-state index contributed by atoms with van der Waals surface area (Å²) in [6, 6.07) is 2.69. The molecule has 0 aliphatic rings. The lowest BCUT2D eigenvalue weighted by atomic mass is 10.1. The summed E-state index contributed by atoms with van der Waals surface area (Å²) in [5.41, 5.74) is 10.9. The second-order valence-corrected chi connectivity index (χ2v) is 4.14. The highest BCUT2D eigenvalue weighted by atomic mass is 16.4. The van der Waals surface area contributed by atoms with Crippen LogP contribution in [-0.2, 0) is 0 Å². The molecular weight excluding hydrogens is 268 g/mol. The highest BCUT2D eigenvalue weighted by molar-refractivity contribution is 6.14. The molecule has 8 nitrogen and oxygen atoms in total. The van der Waals surface area contributed by atoms with Crippen LogP contribution in [0.5, 0.6) is 0 Å². The first kappa shape index (κ1) is 11.9. The van der Waals surface area contributed by atoms with Crippen molar-refractivity contribution in [1.29, 1.82) is 0 Å². The third-order valence-corrected chi connectivity index (χ3v) is 2.98. The Morgan fingerprint density at radius 1 is 0.850 bits per heavy atom. The Morgan fingerprint density at radius 3 is 1.50 bits per heavy atom. The van der Waals surface area contributed by atoms with Crippen LogP contribution in [0.3, 0.4) is 0 Å². The molecule has 0 fully saturated rings. The van der Waals surface area contributed by atoms with E-state index in [2.05, 4.69) is 0 Å². The molecule has 0 spiro atoms. The predicted octanol–water partition coefficient (Wildman–Crippen LogP) is 1.74. The van der Waals surface area contributed by atoms with Gasteiger partial charge in [-0.3, -0.25) is 0 Å². The SMILES string of the molecule is Nc1oc2cc3c(C(=O)O)c(N)oc3cc2c1C(=O)O. The molecule has 3 rings (SSSR count). The molecule has 3 aromatic rings. The van der Waals surface area contributed by atoms with Gasteiger partial charge in [-0.25, -0.2) is 9.59 Å². The van der Waals surface area contributed by atoms with Gasteiger partial charge in [0.1, 0.15) is 22.3 Å². The Balaban J connectivity index is 2.46. The first-order valence-corrected chi connectivity index (χ1v) is 5.40. The molecule has 0 aliphatic carbocycles. The van der Waals surface area contributed by atoms with Gasteiger partial charge in [0.15, 0.2) is 0 Å². The highest BCUT2D eigenvalue weighted by Gasteiger charge is 2.23. The molecule has 1 aromatic carbocycles. The lowest BCUT2D eigenvalue weighted by Gasteiger charge is -1.93. The average Bonchev–Trinajstić information content (AvgIpc) is 2.79. The summed E-state index contributed by atoms with van der Waals surface area (Å²) in [5.74, 6) is -3.02. The molecule has 0 amide bonds. The van der Waals surface area contributed by atoms with E-state index in [4.69, 9.17) is 30.5 Å². The lowest BCUT2D eigenvalue weighted by Crippen LogP contribution is -1.99. The van der Waals surface area contributed by atoms with Gasteiger partial charge < -0.3 is 30.5 Å². The van der Waals surface area contributed by atoms with Gasteiger partial charge in [0.2, 0.25) is 11.8 Å². The molecule has 0 aliphatic heterocycles. The van der Waals surface area contributed by atoms with E-state index in [-0.39, 0.29) is 44.8 Å². The van der Waals surface area contributed by atoms with E-state index in [9.17, 15) is 9.59 Å². The number of carboxylic acid groups (broad SMARTS) is 2. The number of rotatable bonds is 2. The van der Waals surface area contributed by atoms with Crippen LogP contribution in [0.1, 0.15) is 20.7 Å². The minimum Gasteiger partial charge on any atom is -0.477 e. The Morgan fingerprint density at radius 2 is 1.20 bits per heavy atom. The van der Waals surface area contributed by atoms with Crippen molar-refractivity contribution in [2.24, 2.45) is 0 Å². The quantitative estimate of drug-likeness (QED) is 0.552. The Labute approximate surface area is 110 Å². The molecular formula is C12H8N2O6. The molecule has 0 saturated heterocycles. The third-order valence-electron chi connectivity index (χ3n) is 2.98. The van der Waals surface area contributed by atoms with E-state index in [1.807, 2.05) is 0 Å². The van der Waals surface area contributed by atoms with Crippen LogP contribution in [0, 0.1) is 0 Å². The van der Waals surface area contributed by atoms with Crippen molar-refractivity contribution in [2.45, 2.75) is 0 Å². The van der Waals surface area contributed by atoms with Gasteiger partial charge in [-0.15, -0.1) is 0 Å². The van der Waals surface area contributed by atoms with Crippen LogP contribution in [0.25, 0.3) is 21.9 Å². The fraction of sp³-hybridized carbons (Fsp3) is 0. The van der Waals surface area contributed by atoms with Crippen LogP contribution in [-0.4, -0.2) is 22.2 Å². The number of benzene rings is 1. The average molecular weight is 276 g/mol. The number of hydrogen-bond acceptors (Lipinski definition) is 6. The van der Waals surface area contributed by atoms with Gasteiger partial charge in [0.05, 0.1) is 0 Å². The molecule has 0 saturated carbocycles. The topological polar surface area (TPSA) is 153 Å². The molecule has 6 N–H and O–H groups in total. The number of fused-ring (bicyclic) bond motifs is 2. The third kappa shape index (κ3) is 1.41. The van der Waals surface area contributed by atoms with Crippen molar-refractivity contribution in [3.63, 3.8) is 0 Å². The number of nitrogen functional groups attached to an aromatic ring is 2. The number of aromatic carboxylic acids is 2. The van der Waals surface area contributed by atoms with Crippen LogP contribution in [0.15, 0.2) is 21.0 Å². The maximum absolute atomic E-state index is 11.1. The minimum atomic E-state index is -1.25. The Bertz CT molecular complexity index is 814. The summed E-state index contributed by atoms with van der Waals surface area (Å²) >= 11 is 0. The molecule has 0 bridgehead atoms. The summed E-state index contributed by atoms with van der Waals surface area (Å²) in [4.78, 5) is 22.2.